The Morgan fingerprint density at radius 2 is 1.95 bits per heavy atom. The van der Waals surface area contributed by atoms with Gasteiger partial charge in [0.05, 0.1) is 0 Å². The number of hydrogen-bond acceptors (Lipinski definition) is 6. The van der Waals surface area contributed by atoms with E-state index in [1.807, 2.05) is 6.20 Å². The first-order chi connectivity index (χ1) is 10.3. The van der Waals surface area contributed by atoms with Crippen molar-refractivity contribution in [1.29, 1.82) is 0 Å². The highest BCUT2D eigenvalue weighted by atomic mass is 15.3. The van der Waals surface area contributed by atoms with Crippen LogP contribution in [-0.4, -0.2) is 37.6 Å². The van der Waals surface area contributed by atoms with Gasteiger partial charge in [0.25, 0.3) is 0 Å². The van der Waals surface area contributed by atoms with Gasteiger partial charge in [-0.3, -0.25) is 0 Å². The molecular weight excluding hydrogens is 266 g/mol. The van der Waals surface area contributed by atoms with Crippen molar-refractivity contribution < 1.29 is 0 Å². The minimum absolute atomic E-state index is 0.256. The van der Waals surface area contributed by atoms with Gasteiger partial charge < -0.3 is 15.2 Å². The number of rotatable bonds is 4. The van der Waals surface area contributed by atoms with Gasteiger partial charge in [0, 0.05) is 32.0 Å². The Kier molecular flexibility index (Phi) is 3.98. The lowest BCUT2D eigenvalue weighted by Crippen LogP contribution is -2.31. The molecule has 0 atom stereocenters. The molecule has 1 aliphatic rings. The van der Waals surface area contributed by atoms with Crippen LogP contribution in [-0.2, 0) is 6.54 Å². The van der Waals surface area contributed by atoms with E-state index in [-0.39, 0.29) is 5.95 Å². The van der Waals surface area contributed by atoms with E-state index in [0.29, 0.717) is 11.8 Å². The minimum Gasteiger partial charge on any atom is -0.368 e. The maximum atomic E-state index is 5.87. The molecule has 1 saturated heterocycles. The maximum Gasteiger partial charge on any atom is 0.230 e. The monoisotopic (exact) mass is 287 g/mol. The molecule has 0 bridgehead atoms. The van der Waals surface area contributed by atoms with Crippen LogP contribution in [0.4, 0.5) is 11.9 Å². The van der Waals surface area contributed by atoms with E-state index < -0.39 is 0 Å². The second kappa shape index (κ2) is 6.07. The Labute approximate surface area is 124 Å². The van der Waals surface area contributed by atoms with E-state index in [0.717, 1.165) is 31.9 Å². The molecule has 0 amide bonds. The third kappa shape index (κ3) is 2.96. The standard InChI is InChI=1S/C14H21N7/c1-2-7-20-10-6-16-12(20)11-17-13(15)19-14(18-11)21-8-4-3-5-9-21/h6,10H,2-5,7-9H2,1H3,(H2,15,17,18,19). The lowest BCUT2D eigenvalue weighted by molar-refractivity contribution is 0.567. The molecule has 1 aliphatic heterocycles. The Bertz CT molecular complexity index is 601. The van der Waals surface area contributed by atoms with Gasteiger partial charge >= 0.3 is 0 Å². The van der Waals surface area contributed by atoms with Crippen LogP contribution in [0.2, 0.25) is 0 Å². The molecule has 0 radical (unpaired) electrons. The lowest BCUT2D eigenvalue weighted by atomic mass is 10.1. The summed E-state index contributed by atoms with van der Waals surface area (Å²) in [6, 6.07) is 0. The van der Waals surface area contributed by atoms with Crippen molar-refractivity contribution in [2.75, 3.05) is 23.7 Å². The zero-order valence-electron chi connectivity index (χ0n) is 12.4. The summed E-state index contributed by atoms with van der Waals surface area (Å²) in [5.41, 5.74) is 5.87. The van der Waals surface area contributed by atoms with Gasteiger partial charge in [0.1, 0.15) is 0 Å². The highest BCUT2D eigenvalue weighted by molar-refractivity contribution is 5.50. The number of piperidine rings is 1. The maximum absolute atomic E-state index is 5.87. The van der Waals surface area contributed by atoms with Crippen LogP contribution in [0.25, 0.3) is 11.6 Å². The first-order valence-corrected chi connectivity index (χ1v) is 7.56. The third-order valence-corrected chi connectivity index (χ3v) is 3.66. The van der Waals surface area contributed by atoms with E-state index in [4.69, 9.17) is 5.73 Å². The predicted octanol–water partition coefficient (Wildman–Crippen LogP) is 1.72. The highest BCUT2D eigenvalue weighted by Gasteiger charge is 2.17. The quantitative estimate of drug-likeness (QED) is 0.921. The molecule has 3 rings (SSSR count). The Morgan fingerprint density at radius 3 is 2.71 bits per heavy atom. The molecule has 0 aromatic carbocycles. The van der Waals surface area contributed by atoms with Gasteiger partial charge in [-0.05, 0) is 25.7 Å². The van der Waals surface area contributed by atoms with E-state index in [1.54, 1.807) is 6.20 Å². The summed E-state index contributed by atoms with van der Waals surface area (Å²) < 4.78 is 2.05. The van der Waals surface area contributed by atoms with E-state index in [9.17, 15) is 0 Å². The van der Waals surface area contributed by atoms with Crippen molar-refractivity contribution in [2.45, 2.75) is 39.2 Å². The topological polar surface area (TPSA) is 85.8 Å². The van der Waals surface area contributed by atoms with Crippen LogP contribution in [0.3, 0.4) is 0 Å². The molecule has 2 N–H and O–H groups in total. The molecule has 21 heavy (non-hydrogen) atoms. The smallest absolute Gasteiger partial charge is 0.230 e. The molecule has 0 aliphatic carbocycles. The molecule has 0 spiro atoms. The summed E-state index contributed by atoms with van der Waals surface area (Å²) in [4.78, 5) is 19.7. The number of aromatic nitrogens is 5. The molecule has 2 aromatic heterocycles. The van der Waals surface area contributed by atoms with Crippen molar-refractivity contribution in [1.82, 2.24) is 24.5 Å². The van der Waals surface area contributed by atoms with Crippen molar-refractivity contribution in [2.24, 2.45) is 0 Å². The molecule has 112 valence electrons. The Hall–Kier alpha value is -2.18. The largest absolute Gasteiger partial charge is 0.368 e. The predicted molar refractivity (Wildman–Crippen MR) is 81.8 cm³/mol. The van der Waals surface area contributed by atoms with Crippen LogP contribution >= 0.6 is 0 Å². The molecule has 0 unspecified atom stereocenters. The minimum atomic E-state index is 0.256. The number of aryl methyl sites for hydroxylation is 1. The summed E-state index contributed by atoms with van der Waals surface area (Å²) in [6.45, 7) is 4.98. The molecule has 3 heterocycles. The molecule has 2 aromatic rings. The average Bonchev–Trinajstić information content (AvgIpc) is 2.96. The van der Waals surface area contributed by atoms with E-state index in [2.05, 4.69) is 36.3 Å². The fourth-order valence-electron chi connectivity index (χ4n) is 2.65. The number of nitrogens with two attached hydrogens (primary N) is 1. The lowest BCUT2D eigenvalue weighted by Gasteiger charge is -2.26. The summed E-state index contributed by atoms with van der Waals surface area (Å²) in [5.74, 6) is 2.24. The fourth-order valence-corrected chi connectivity index (χ4v) is 2.65. The average molecular weight is 287 g/mol. The number of nitrogens with zero attached hydrogens (tertiary/aromatic N) is 6. The van der Waals surface area contributed by atoms with Crippen molar-refractivity contribution in [3.05, 3.63) is 12.4 Å². The normalized spacial score (nSPS) is 15.4. The Morgan fingerprint density at radius 1 is 1.14 bits per heavy atom. The van der Waals surface area contributed by atoms with Crippen molar-refractivity contribution >= 4 is 11.9 Å². The van der Waals surface area contributed by atoms with Gasteiger partial charge in [-0.25, -0.2) is 4.98 Å². The molecule has 7 nitrogen and oxygen atoms in total. The number of hydrogen-bond donors (Lipinski definition) is 1. The molecule has 7 heteroatoms. The van der Waals surface area contributed by atoms with Gasteiger partial charge in [0.15, 0.2) is 5.82 Å². The van der Waals surface area contributed by atoms with Crippen LogP contribution in [0.5, 0.6) is 0 Å². The summed E-state index contributed by atoms with van der Waals surface area (Å²) in [5, 5.41) is 0. The van der Waals surface area contributed by atoms with Crippen LogP contribution in [0, 0.1) is 0 Å². The summed E-state index contributed by atoms with van der Waals surface area (Å²) >= 11 is 0. The fraction of sp³-hybridized carbons (Fsp3) is 0.571. The summed E-state index contributed by atoms with van der Waals surface area (Å²) in [6.07, 6.45) is 8.36. The summed E-state index contributed by atoms with van der Waals surface area (Å²) in [7, 11) is 0. The Balaban J connectivity index is 1.95. The molecule has 0 saturated carbocycles. The first kappa shape index (κ1) is 13.8. The first-order valence-electron chi connectivity index (χ1n) is 7.56. The molecule has 1 fully saturated rings. The third-order valence-electron chi connectivity index (χ3n) is 3.66. The number of anilines is 2. The van der Waals surface area contributed by atoms with Gasteiger partial charge in [-0.15, -0.1) is 0 Å². The van der Waals surface area contributed by atoms with Gasteiger partial charge in [-0.2, -0.15) is 15.0 Å². The van der Waals surface area contributed by atoms with Crippen molar-refractivity contribution in [3.8, 4) is 11.6 Å². The van der Waals surface area contributed by atoms with Gasteiger partial charge in [-0.1, -0.05) is 6.92 Å². The number of imidazole rings is 1. The second-order valence-corrected chi connectivity index (χ2v) is 5.31. The van der Waals surface area contributed by atoms with Gasteiger partial charge in [0.2, 0.25) is 17.7 Å². The van der Waals surface area contributed by atoms with Crippen LogP contribution in [0.1, 0.15) is 32.6 Å². The second-order valence-electron chi connectivity index (χ2n) is 5.31. The highest BCUT2D eigenvalue weighted by Crippen LogP contribution is 2.20. The van der Waals surface area contributed by atoms with Crippen molar-refractivity contribution in [3.63, 3.8) is 0 Å². The van der Waals surface area contributed by atoms with E-state index in [1.165, 1.54) is 19.3 Å². The van der Waals surface area contributed by atoms with Crippen LogP contribution in [0.15, 0.2) is 12.4 Å². The zero-order chi connectivity index (χ0) is 14.7. The SMILES string of the molecule is CCCn1ccnc1-c1nc(N)nc(N2CCCCC2)n1. The molecular formula is C14H21N7. The zero-order valence-corrected chi connectivity index (χ0v) is 12.4. The van der Waals surface area contributed by atoms with Crippen LogP contribution < -0.4 is 10.6 Å². The van der Waals surface area contributed by atoms with E-state index >= 15 is 0 Å². The number of nitrogen functional groups attached to an aromatic ring is 1.